The second-order valence-electron chi connectivity index (χ2n) is 5.72. The minimum Gasteiger partial charge on any atom is -0.444 e. The first-order chi connectivity index (χ1) is 9.19. The number of aryl methyl sites for hydroxylation is 1. The lowest BCUT2D eigenvalue weighted by Crippen LogP contribution is -2.38. The third kappa shape index (κ3) is 5.65. The van der Waals surface area contributed by atoms with E-state index in [2.05, 4.69) is 15.6 Å². The highest BCUT2D eigenvalue weighted by atomic mass is 35.5. The summed E-state index contributed by atoms with van der Waals surface area (Å²) in [4.78, 5) is 15.6. The molecule has 0 radical (unpaired) electrons. The minimum absolute atomic E-state index is 0.00270. The number of anilines is 1. The Morgan fingerprint density at radius 1 is 1.50 bits per heavy atom. The largest absolute Gasteiger partial charge is 0.444 e. The van der Waals surface area contributed by atoms with Crippen LogP contribution in [0.1, 0.15) is 33.3 Å². The van der Waals surface area contributed by atoms with Gasteiger partial charge in [-0.1, -0.05) is 11.6 Å². The molecule has 0 aromatic carbocycles. The van der Waals surface area contributed by atoms with Crippen LogP contribution in [-0.2, 0) is 4.74 Å². The molecule has 112 valence electrons. The molecule has 0 aliphatic rings. The molecule has 1 unspecified atom stereocenters. The van der Waals surface area contributed by atoms with Gasteiger partial charge in [-0.05, 0) is 46.2 Å². The van der Waals surface area contributed by atoms with Crippen molar-refractivity contribution in [2.24, 2.45) is 0 Å². The van der Waals surface area contributed by atoms with E-state index in [9.17, 15) is 4.79 Å². The SMILES string of the molecule is Cc1ccnc(Cl)c1NC(C)CNC(=O)OC(C)(C)C. The Bertz CT molecular complexity index is 452. The van der Waals surface area contributed by atoms with Gasteiger partial charge >= 0.3 is 6.09 Å². The number of nitrogens with one attached hydrogen (secondary N) is 2. The van der Waals surface area contributed by atoms with Crippen LogP contribution in [0.25, 0.3) is 0 Å². The average Bonchev–Trinajstić information content (AvgIpc) is 2.29. The van der Waals surface area contributed by atoms with E-state index in [0.717, 1.165) is 11.3 Å². The monoisotopic (exact) mass is 299 g/mol. The Kier molecular flexibility index (Phi) is 5.62. The topological polar surface area (TPSA) is 63.2 Å². The van der Waals surface area contributed by atoms with Crippen LogP contribution < -0.4 is 10.6 Å². The molecular weight excluding hydrogens is 278 g/mol. The van der Waals surface area contributed by atoms with Crippen molar-refractivity contribution in [3.8, 4) is 0 Å². The normalized spacial score (nSPS) is 12.7. The van der Waals surface area contributed by atoms with Crippen LogP contribution in [0.5, 0.6) is 0 Å². The van der Waals surface area contributed by atoms with E-state index in [0.29, 0.717) is 11.7 Å². The van der Waals surface area contributed by atoms with Crippen molar-refractivity contribution >= 4 is 23.4 Å². The van der Waals surface area contributed by atoms with Gasteiger partial charge in [0.05, 0.1) is 5.69 Å². The summed E-state index contributed by atoms with van der Waals surface area (Å²) in [5, 5.41) is 6.37. The number of hydrogen-bond acceptors (Lipinski definition) is 4. The molecule has 20 heavy (non-hydrogen) atoms. The van der Waals surface area contributed by atoms with Crippen LogP contribution >= 0.6 is 11.6 Å². The van der Waals surface area contributed by atoms with Gasteiger partial charge in [-0.3, -0.25) is 0 Å². The van der Waals surface area contributed by atoms with Crippen LogP contribution in [-0.4, -0.2) is 29.3 Å². The molecule has 0 bridgehead atoms. The van der Waals surface area contributed by atoms with Gasteiger partial charge in [-0.15, -0.1) is 0 Å². The molecule has 0 aliphatic carbocycles. The van der Waals surface area contributed by atoms with Gasteiger partial charge in [0.2, 0.25) is 0 Å². The molecule has 0 spiro atoms. The van der Waals surface area contributed by atoms with Crippen molar-refractivity contribution in [1.29, 1.82) is 0 Å². The van der Waals surface area contributed by atoms with Gasteiger partial charge in [0.15, 0.2) is 5.15 Å². The summed E-state index contributed by atoms with van der Waals surface area (Å²) in [6.07, 6.45) is 1.23. The van der Waals surface area contributed by atoms with Crippen molar-refractivity contribution in [3.63, 3.8) is 0 Å². The smallest absolute Gasteiger partial charge is 0.407 e. The van der Waals surface area contributed by atoms with E-state index in [4.69, 9.17) is 16.3 Å². The molecular formula is C14H22ClN3O2. The average molecular weight is 300 g/mol. The first kappa shape index (κ1) is 16.6. The van der Waals surface area contributed by atoms with E-state index in [1.165, 1.54) is 0 Å². The molecule has 0 fully saturated rings. The summed E-state index contributed by atoms with van der Waals surface area (Å²) in [6.45, 7) is 9.80. The number of carbonyl (C=O) groups is 1. The summed E-state index contributed by atoms with van der Waals surface area (Å²) in [7, 11) is 0. The van der Waals surface area contributed by atoms with Crippen molar-refractivity contribution < 1.29 is 9.53 Å². The Balaban J connectivity index is 2.48. The fourth-order valence-corrected chi connectivity index (χ4v) is 1.81. The van der Waals surface area contributed by atoms with Crippen molar-refractivity contribution in [1.82, 2.24) is 10.3 Å². The lowest BCUT2D eigenvalue weighted by molar-refractivity contribution is 0.0526. The van der Waals surface area contributed by atoms with Crippen molar-refractivity contribution in [2.75, 3.05) is 11.9 Å². The number of rotatable bonds is 4. The summed E-state index contributed by atoms with van der Waals surface area (Å²) in [6, 6.07) is 1.88. The lowest BCUT2D eigenvalue weighted by Gasteiger charge is -2.22. The Morgan fingerprint density at radius 2 is 2.15 bits per heavy atom. The Hall–Kier alpha value is -1.49. The van der Waals surface area contributed by atoms with E-state index in [1.54, 1.807) is 6.20 Å². The number of amides is 1. The van der Waals surface area contributed by atoms with Crippen LogP contribution in [0, 0.1) is 6.92 Å². The maximum Gasteiger partial charge on any atom is 0.407 e. The first-order valence-electron chi connectivity index (χ1n) is 6.53. The lowest BCUT2D eigenvalue weighted by atomic mass is 10.2. The van der Waals surface area contributed by atoms with E-state index in [-0.39, 0.29) is 6.04 Å². The van der Waals surface area contributed by atoms with E-state index in [1.807, 2.05) is 40.7 Å². The Labute approximate surface area is 125 Å². The van der Waals surface area contributed by atoms with E-state index >= 15 is 0 Å². The third-order valence-electron chi connectivity index (χ3n) is 2.46. The summed E-state index contributed by atoms with van der Waals surface area (Å²) in [5.74, 6) is 0. The molecule has 2 N–H and O–H groups in total. The fourth-order valence-electron chi connectivity index (χ4n) is 1.55. The first-order valence-corrected chi connectivity index (χ1v) is 6.91. The van der Waals surface area contributed by atoms with Gasteiger partial charge in [-0.25, -0.2) is 9.78 Å². The molecule has 1 aromatic rings. The molecule has 1 aromatic heterocycles. The molecule has 1 heterocycles. The fraction of sp³-hybridized carbons (Fsp3) is 0.571. The second-order valence-corrected chi connectivity index (χ2v) is 6.08. The number of ether oxygens (including phenoxy) is 1. The van der Waals surface area contributed by atoms with Crippen LogP contribution in [0.4, 0.5) is 10.5 Å². The maximum absolute atomic E-state index is 11.5. The number of nitrogens with zero attached hydrogens (tertiary/aromatic N) is 1. The predicted molar refractivity (Wildman–Crippen MR) is 81.3 cm³/mol. The molecule has 5 nitrogen and oxygen atoms in total. The highest BCUT2D eigenvalue weighted by Crippen LogP contribution is 2.23. The molecule has 1 atom stereocenters. The van der Waals surface area contributed by atoms with Gasteiger partial charge in [0.25, 0.3) is 0 Å². The highest BCUT2D eigenvalue weighted by molar-refractivity contribution is 6.32. The van der Waals surface area contributed by atoms with Crippen molar-refractivity contribution in [3.05, 3.63) is 23.0 Å². The van der Waals surface area contributed by atoms with E-state index < -0.39 is 11.7 Å². The predicted octanol–water partition coefficient (Wildman–Crippen LogP) is 3.37. The van der Waals surface area contributed by atoms with Crippen molar-refractivity contribution in [2.45, 2.75) is 46.3 Å². The van der Waals surface area contributed by atoms with Crippen LogP contribution in [0.2, 0.25) is 5.15 Å². The second kappa shape index (κ2) is 6.79. The number of carbonyl (C=O) groups excluding carboxylic acids is 1. The molecule has 0 saturated carbocycles. The molecule has 1 rings (SSSR count). The van der Waals surface area contributed by atoms with Crippen LogP contribution in [0.15, 0.2) is 12.3 Å². The van der Waals surface area contributed by atoms with Gasteiger partial charge in [-0.2, -0.15) is 0 Å². The molecule has 6 heteroatoms. The number of hydrogen-bond donors (Lipinski definition) is 2. The van der Waals surface area contributed by atoms with Crippen LogP contribution in [0.3, 0.4) is 0 Å². The quantitative estimate of drug-likeness (QED) is 0.837. The number of aromatic nitrogens is 1. The van der Waals surface area contributed by atoms with Gasteiger partial charge in [0.1, 0.15) is 5.60 Å². The minimum atomic E-state index is -0.496. The number of alkyl carbamates (subject to hydrolysis) is 1. The molecule has 0 saturated heterocycles. The third-order valence-corrected chi connectivity index (χ3v) is 2.74. The summed E-state index contributed by atoms with van der Waals surface area (Å²) >= 11 is 6.04. The summed E-state index contributed by atoms with van der Waals surface area (Å²) in [5.41, 5.74) is 1.30. The molecule has 0 aliphatic heterocycles. The molecule has 1 amide bonds. The Morgan fingerprint density at radius 3 is 2.70 bits per heavy atom. The summed E-state index contributed by atoms with van der Waals surface area (Å²) < 4.78 is 5.17. The van der Waals surface area contributed by atoms with Gasteiger partial charge in [0, 0.05) is 18.8 Å². The zero-order valence-electron chi connectivity index (χ0n) is 12.6. The number of halogens is 1. The number of pyridine rings is 1. The zero-order chi connectivity index (χ0) is 15.3. The van der Waals surface area contributed by atoms with Gasteiger partial charge < -0.3 is 15.4 Å². The standard InChI is InChI=1S/C14H22ClN3O2/c1-9-6-7-16-12(15)11(9)18-10(2)8-17-13(19)20-14(3,4)5/h6-7,10,18H,8H2,1-5H3,(H,17,19). The zero-order valence-corrected chi connectivity index (χ0v) is 13.3. The highest BCUT2D eigenvalue weighted by Gasteiger charge is 2.16. The maximum atomic E-state index is 11.5.